The number of carbonyl (C=O) groups excluding carboxylic acids is 2. The van der Waals surface area contributed by atoms with Gasteiger partial charge in [-0.15, -0.1) is 0 Å². The lowest BCUT2D eigenvalue weighted by atomic mass is 9.92. The van der Waals surface area contributed by atoms with E-state index in [9.17, 15) is 9.59 Å². The van der Waals surface area contributed by atoms with Crippen LogP contribution in [0.15, 0.2) is 54.6 Å². The van der Waals surface area contributed by atoms with E-state index in [0.717, 1.165) is 27.6 Å². The first kappa shape index (κ1) is 21.4. The lowest BCUT2D eigenvalue weighted by Crippen LogP contribution is -2.36. The summed E-state index contributed by atoms with van der Waals surface area (Å²) in [6.45, 7) is 4.30. The molecule has 0 aliphatic carbocycles. The quantitative estimate of drug-likeness (QED) is 0.605. The standard InChI is InChI=1S/C25H28N2O3/c1-15(2)21-14-19(10-11-22(21)30-5)17-6-7-18-13-20(9-8-16(18)12-17)23(24(28)26-3)25(29)27-4/h6-15,23H,1-5H3,(H,26,28)(H,27,29). The Kier molecular flexibility index (Phi) is 6.40. The summed E-state index contributed by atoms with van der Waals surface area (Å²) in [6, 6.07) is 18.2. The van der Waals surface area contributed by atoms with Crippen LogP contribution >= 0.6 is 0 Å². The first-order valence-corrected chi connectivity index (χ1v) is 10.0. The summed E-state index contributed by atoms with van der Waals surface area (Å²) in [6.07, 6.45) is 0. The van der Waals surface area contributed by atoms with Crippen LogP contribution in [0.5, 0.6) is 5.75 Å². The summed E-state index contributed by atoms with van der Waals surface area (Å²) < 4.78 is 5.50. The number of benzene rings is 3. The molecule has 30 heavy (non-hydrogen) atoms. The van der Waals surface area contributed by atoms with Gasteiger partial charge in [0.05, 0.1) is 7.11 Å². The van der Waals surface area contributed by atoms with Crippen molar-refractivity contribution in [3.63, 3.8) is 0 Å². The number of hydrogen-bond acceptors (Lipinski definition) is 3. The molecule has 3 aromatic rings. The third kappa shape index (κ3) is 4.15. The summed E-state index contributed by atoms with van der Waals surface area (Å²) in [5.74, 6) is -0.281. The van der Waals surface area contributed by atoms with Crippen molar-refractivity contribution in [2.24, 2.45) is 0 Å². The normalized spacial score (nSPS) is 11.0. The van der Waals surface area contributed by atoms with Crippen LogP contribution in [0.2, 0.25) is 0 Å². The molecular weight excluding hydrogens is 376 g/mol. The van der Waals surface area contributed by atoms with Crippen LogP contribution in [0.3, 0.4) is 0 Å². The van der Waals surface area contributed by atoms with Crippen LogP contribution in [0, 0.1) is 0 Å². The van der Waals surface area contributed by atoms with Gasteiger partial charge in [0.2, 0.25) is 11.8 Å². The molecule has 156 valence electrons. The highest BCUT2D eigenvalue weighted by Crippen LogP contribution is 2.33. The Bertz CT molecular complexity index is 1070. The molecule has 0 saturated heterocycles. The smallest absolute Gasteiger partial charge is 0.236 e. The lowest BCUT2D eigenvalue weighted by Gasteiger charge is -2.16. The molecule has 0 spiro atoms. The molecule has 0 radical (unpaired) electrons. The number of carbonyl (C=O) groups is 2. The van der Waals surface area contributed by atoms with Gasteiger partial charge in [0.1, 0.15) is 11.7 Å². The van der Waals surface area contributed by atoms with Crippen molar-refractivity contribution in [1.29, 1.82) is 0 Å². The third-order valence-electron chi connectivity index (χ3n) is 5.40. The van der Waals surface area contributed by atoms with Crippen molar-refractivity contribution in [1.82, 2.24) is 10.6 Å². The van der Waals surface area contributed by atoms with E-state index >= 15 is 0 Å². The average Bonchev–Trinajstić information content (AvgIpc) is 2.77. The Morgan fingerprint density at radius 2 is 1.37 bits per heavy atom. The fourth-order valence-electron chi connectivity index (χ4n) is 3.70. The van der Waals surface area contributed by atoms with Crippen LogP contribution in [-0.4, -0.2) is 33.0 Å². The minimum absolute atomic E-state index is 0.329. The van der Waals surface area contributed by atoms with Gasteiger partial charge in [-0.05, 0) is 63.2 Å². The predicted octanol–water partition coefficient (Wildman–Crippen LogP) is 4.21. The SMILES string of the molecule is CNC(=O)C(C(=O)NC)c1ccc2cc(-c3ccc(OC)c(C(C)C)c3)ccc2c1. The molecule has 0 heterocycles. The molecule has 2 N–H and O–H groups in total. The molecule has 0 aromatic heterocycles. The summed E-state index contributed by atoms with van der Waals surface area (Å²) in [5, 5.41) is 7.17. The zero-order valence-corrected chi connectivity index (χ0v) is 18.1. The largest absolute Gasteiger partial charge is 0.496 e. The van der Waals surface area contributed by atoms with Crippen molar-refractivity contribution in [2.45, 2.75) is 25.7 Å². The highest BCUT2D eigenvalue weighted by Gasteiger charge is 2.27. The van der Waals surface area contributed by atoms with Gasteiger partial charge >= 0.3 is 0 Å². The van der Waals surface area contributed by atoms with E-state index in [0.29, 0.717) is 11.5 Å². The summed E-state index contributed by atoms with van der Waals surface area (Å²) in [4.78, 5) is 24.5. The van der Waals surface area contributed by atoms with Crippen molar-refractivity contribution in [3.05, 3.63) is 65.7 Å². The number of hydrogen-bond donors (Lipinski definition) is 2. The van der Waals surface area contributed by atoms with Gasteiger partial charge in [-0.25, -0.2) is 0 Å². The van der Waals surface area contributed by atoms with Crippen LogP contribution in [0.25, 0.3) is 21.9 Å². The lowest BCUT2D eigenvalue weighted by molar-refractivity contribution is -0.131. The van der Waals surface area contributed by atoms with E-state index in [4.69, 9.17) is 4.74 Å². The van der Waals surface area contributed by atoms with E-state index in [1.807, 2.05) is 30.3 Å². The van der Waals surface area contributed by atoms with Crippen LogP contribution in [-0.2, 0) is 9.59 Å². The molecule has 0 unspecified atom stereocenters. The Morgan fingerprint density at radius 3 is 1.97 bits per heavy atom. The molecule has 0 aliphatic heterocycles. The molecule has 0 aliphatic rings. The minimum Gasteiger partial charge on any atom is -0.496 e. The molecule has 5 nitrogen and oxygen atoms in total. The number of fused-ring (bicyclic) bond motifs is 1. The Balaban J connectivity index is 2.03. The molecule has 0 bridgehead atoms. The van der Waals surface area contributed by atoms with Crippen LogP contribution in [0.1, 0.15) is 36.8 Å². The van der Waals surface area contributed by atoms with Gasteiger partial charge in [0.25, 0.3) is 0 Å². The second-order valence-corrected chi connectivity index (χ2v) is 7.59. The maximum absolute atomic E-state index is 12.2. The van der Waals surface area contributed by atoms with Crippen molar-refractivity contribution < 1.29 is 14.3 Å². The summed E-state index contributed by atoms with van der Waals surface area (Å²) in [7, 11) is 4.76. The van der Waals surface area contributed by atoms with Crippen LogP contribution in [0.4, 0.5) is 0 Å². The molecule has 0 fully saturated rings. The van der Waals surface area contributed by atoms with Crippen molar-refractivity contribution in [2.75, 3.05) is 21.2 Å². The average molecular weight is 405 g/mol. The zero-order chi connectivity index (χ0) is 21.8. The summed E-state index contributed by atoms with van der Waals surface area (Å²) >= 11 is 0. The maximum atomic E-state index is 12.2. The Labute approximate surface area is 177 Å². The van der Waals surface area contributed by atoms with Crippen LogP contribution < -0.4 is 15.4 Å². The van der Waals surface area contributed by atoms with E-state index in [2.05, 4.69) is 48.7 Å². The topological polar surface area (TPSA) is 67.4 Å². The molecule has 0 saturated carbocycles. The van der Waals surface area contributed by atoms with Gasteiger partial charge in [0, 0.05) is 14.1 Å². The van der Waals surface area contributed by atoms with E-state index in [1.54, 1.807) is 7.11 Å². The molecule has 3 aromatic carbocycles. The summed E-state index contributed by atoms with van der Waals surface area (Å²) in [5.41, 5.74) is 4.07. The maximum Gasteiger partial charge on any atom is 0.236 e. The van der Waals surface area contributed by atoms with Crippen molar-refractivity contribution >= 4 is 22.6 Å². The fourth-order valence-corrected chi connectivity index (χ4v) is 3.70. The first-order chi connectivity index (χ1) is 14.4. The van der Waals surface area contributed by atoms with Gasteiger partial charge in [-0.1, -0.05) is 44.2 Å². The number of likely N-dealkylation sites (N-methyl/N-ethyl adjacent to an activating group) is 2. The van der Waals surface area contributed by atoms with Gasteiger partial charge < -0.3 is 15.4 Å². The molecule has 0 atom stereocenters. The number of nitrogens with one attached hydrogen (secondary N) is 2. The van der Waals surface area contributed by atoms with Gasteiger partial charge in [-0.3, -0.25) is 9.59 Å². The minimum atomic E-state index is -0.876. The number of ether oxygens (including phenoxy) is 1. The second-order valence-electron chi connectivity index (χ2n) is 7.59. The Hall–Kier alpha value is -3.34. The fraction of sp³-hybridized carbons (Fsp3) is 0.280. The number of rotatable bonds is 6. The monoisotopic (exact) mass is 404 g/mol. The van der Waals surface area contributed by atoms with Gasteiger partial charge in [0.15, 0.2) is 0 Å². The third-order valence-corrected chi connectivity index (χ3v) is 5.40. The second kappa shape index (κ2) is 8.99. The highest BCUT2D eigenvalue weighted by atomic mass is 16.5. The number of methoxy groups -OCH3 is 1. The highest BCUT2D eigenvalue weighted by molar-refractivity contribution is 6.06. The molecular formula is C25H28N2O3. The molecule has 3 rings (SSSR count). The van der Waals surface area contributed by atoms with E-state index in [-0.39, 0.29) is 11.8 Å². The van der Waals surface area contributed by atoms with E-state index in [1.165, 1.54) is 19.7 Å². The Morgan fingerprint density at radius 1 is 0.800 bits per heavy atom. The molecule has 5 heteroatoms. The van der Waals surface area contributed by atoms with E-state index < -0.39 is 5.92 Å². The zero-order valence-electron chi connectivity index (χ0n) is 18.1. The predicted molar refractivity (Wildman–Crippen MR) is 121 cm³/mol. The first-order valence-electron chi connectivity index (χ1n) is 10.0. The van der Waals surface area contributed by atoms with Gasteiger partial charge in [-0.2, -0.15) is 0 Å². The number of amides is 2. The van der Waals surface area contributed by atoms with Crippen molar-refractivity contribution in [3.8, 4) is 16.9 Å². The molecule has 2 amide bonds.